The smallest absolute Gasteiger partial charge is 0.115 e. The van der Waals surface area contributed by atoms with Gasteiger partial charge in [-0.2, -0.15) is 0 Å². The fourth-order valence-corrected chi connectivity index (χ4v) is 2.46. The van der Waals surface area contributed by atoms with Crippen molar-refractivity contribution in [2.24, 2.45) is 0 Å². The zero-order valence-electron chi connectivity index (χ0n) is 11.4. The van der Waals surface area contributed by atoms with E-state index in [4.69, 9.17) is 0 Å². The Morgan fingerprint density at radius 3 is 2.61 bits per heavy atom. The van der Waals surface area contributed by atoms with Crippen LogP contribution in [-0.4, -0.2) is 24.2 Å². The summed E-state index contributed by atoms with van der Waals surface area (Å²) >= 11 is 0. The first-order valence-electron chi connectivity index (χ1n) is 6.86. The van der Waals surface area contributed by atoms with Crippen LogP contribution < -0.4 is 10.6 Å². The Hall–Kier alpha value is -1.06. The van der Waals surface area contributed by atoms with Crippen LogP contribution in [0.3, 0.4) is 0 Å². The second-order valence-corrected chi connectivity index (χ2v) is 5.70. The van der Waals surface area contributed by atoms with Crippen LogP contribution in [0, 0.1) is 0 Å². The minimum atomic E-state index is -0.0627. The molecule has 1 aromatic carbocycles. The summed E-state index contributed by atoms with van der Waals surface area (Å²) in [6.45, 7) is 6.50. The van der Waals surface area contributed by atoms with Gasteiger partial charge in [-0.05, 0) is 50.9 Å². The molecule has 18 heavy (non-hydrogen) atoms. The molecule has 3 heteroatoms. The molecule has 1 aliphatic heterocycles. The summed E-state index contributed by atoms with van der Waals surface area (Å²) in [5.74, 6) is 0.323. The van der Waals surface area contributed by atoms with Gasteiger partial charge in [0.2, 0.25) is 0 Å². The normalized spacial score (nSPS) is 20.9. The van der Waals surface area contributed by atoms with E-state index in [0.29, 0.717) is 11.8 Å². The minimum absolute atomic E-state index is 0.0627. The van der Waals surface area contributed by atoms with E-state index in [2.05, 4.69) is 24.5 Å². The molecule has 1 fully saturated rings. The largest absolute Gasteiger partial charge is 0.508 e. The summed E-state index contributed by atoms with van der Waals surface area (Å²) in [6.07, 6.45) is 3.90. The molecule has 3 nitrogen and oxygen atoms in total. The average Bonchev–Trinajstić information content (AvgIpc) is 2.38. The second kappa shape index (κ2) is 5.72. The average molecular weight is 248 g/mol. The maximum absolute atomic E-state index is 9.33. The van der Waals surface area contributed by atoms with Crippen molar-refractivity contribution in [3.8, 4) is 5.75 Å². The van der Waals surface area contributed by atoms with Gasteiger partial charge < -0.3 is 15.7 Å². The molecule has 1 heterocycles. The molecule has 1 saturated heterocycles. The van der Waals surface area contributed by atoms with Gasteiger partial charge in [0, 0.05) is 18.1 Å². The van der Waals surface area contributed by atoms with Crippen molar-refractivity contribution in [2.45, 2.75) is 44.7 Å². The van der Waals surface area contributed by atoms with E-state index in [-0.39, 0.29) is 5.54 Å². The third kappa shape index (κ3) is 3.47. The fraction of sp³-hybridized carbons (Fsp3) is 0.600. The van der Waals surface area contributed by atoms with Gasteiger partial charge in [0.05, 0.1) is 0 Å². The van der Waals surface area contributed by atoms with E-state index in [1.807, 2.05) is 12.1 Å². The van der Waals surface area contributed by atoms with Crippen molar-refractivity contribution in [3.63, 3.8) is 0 Å². The second-order valence-electron chi connectivity index (χ2n) is 5.70. The first-order chi connectivity index (χ1) is 8.58. The van der Waals surface area contributed by atoms with Gasteiger partial charge in [-0.3, -0.25) is 0 Å². The highest BCUT2D eigenvalue weighted by Crippen LogP contribution is 2.22. The Balaban J connectivity index is 1.91. The lowest BCUT2D eigenvalue weighted by Crippen LogP contribution is -2.47. The monoisotopic (exact) mass is 248 g/mol. The topological polar surface area (TPSA) is 44.3 Å². The maximum Gasteiger partial charge on any atom is 0.115 e. The van der Waals surface area contributed by atoms with Crippen molar-refractivity contribution in [3.05, 3.63) is 29.8 Å². The van der Waals surface area contributed by atoms with E-state index in [1.165, 1.54) is 24.8 Å². The molecule has 2 rings (SSSR count). The SMILES string of the molecule is CC(C)(NCC1CCCCN1)c1ccc(O)cc1. The molecule has 0 aliphatic carbocycles. The lowest BCUT2D eigenvalue weighted by atomic mass is 9.93. The summed E-state index contributed by atoms with van der Waals surface area (Å²) < 4.78 is 0. The molecule has 1 unspecified atom stereocenters. The molecular formula is C15H24N2O. The third-order valence-corrected chi connectivity index (χ3v) is 3.79. The number of benzene rings is 1. The zero-order chi connectivity index (χ0) is 13.0. The van der Waals surface area contributed by atoms with E-state index in [0.717, 1.165) is 13.1 Å². The fourth-order valence-electron chi connectivity index (χ4n) is 2.46. The molecule has 3 N–H and O–H groups in total. The van der Waals surface area contributed by atoms with Crippen molar-refractivity contribution < 1.29 is 5.11 Å². The molecule has 1 aliphatic rings. The Bertz CT molecular complexity index is 367. The number of phenols is 1. The lowest BCUT2D eigenvalue weighted by molar-refractivity contribution is 0.326. The Kier molecular flexibility index (Phi) is 4.25. The molecular weight excluding hydrogens is 224 g/mol. The highest BCUT2D eigenvalue weighted by molar-refractivity contribution is 5.30. The van der Waals surface area contributed by atoms with Gasteiger partial charge in [-0.25, -0.2) is 0 Å². The van der Waals surface area contributed by atoms with Gasteiger partial charge in [0.15, 0.2) is 0 Å². The molecule has 0 amide bonds. The molecule has 0 aromatic heterocycles. The summed E-state index contributed by atoms with van der Waals surface area (Å²) in [5, 5.41) is 16.5. The van der Waals surface area contributed by atoms with Crippen LogP contribution in [0.4, 0.5) is 0 Å². The predicted octanol–water partition coefficient (Wildman–Crippen LogP) is 2.36. The van der Waals surface area contributed by atoms with Gasteiger partial charge in [0.1, 0.15) is 5.75 Å². The Labute approximate surface area is 110 Å². The maximum atomic E-state index is 9.33. The number of nitrogens with one attached hydrogen (secondary N) is 2. The van der Waals surface area contributed by atoms with Crippen molar-refractivity contribution in [2.75, 3.05) is 13.1 Å². The predicted molar refractivity (Wildman–Crippen MR) is 74.8 cm³/mol. The van der Waals surface area contributed by atoms with Crippen LogP contribution in [0.15, 0.2) is 24.3 Å². The Morgan fingerprint density at radius 2 is 2.00 bits per heavy atom. The van der Waals surface area contributed by atoms with Crippen molar-refractivity contribution in [1.82, 2.24) is 10.6 Å². The molecule has 1 atom stereocenters. The van der Waals surface area contributed by atoms with E-state index in [9.17, 15) is 5.11 Å². The van der Waals surface area contributed by atoms with Crippen LogP contribution in [0.2, 0.25) is 0 Å². The van der Waals surface area contributed by atoms with E-state index in [1.54, 1.807) is 12.1 Å². The highest BCUT2D eigenvalue weighted by Gasteiger charge is 2.22. The van der Waals surface area contributed by atoms with Crippen LogP contribution in [0.1, 0.15) is 38.7 Å². The van der Waals surface area contributed by atoms with Crippen molar-refractivity contribution in [1.29, 1.82) is 0 Å². The highest BCUT2D eigenvalue weighted by atomic mass is 16.3. The number of rotatable bonds is 4. The van der Waals surface area contributed by atoms with Crippen LogP contribution in [0.25, 0.3) is 0 Å². The molecule has 0 bridgehead atoms. The van der Waals surface area contributed by atoms with Crippen LogP contribution in [0.5, 0.6) is 5.75 Å². The van der Waals surface area contributed by atoms with Crippen molar-refractivity contribution >= 4 is 0 Å². The number of piperidine rings is 1. The lowest BCUT2D eigenvalue weighted by Gasteiger charge is -2.31. The Morgan fingerprint density at radius 1 is 1.28 bits per heavy atom. The number of hydrogen-bond acceptors (Lipinski definition) is 3. The zero-order valence-corrected chi connectivity index (χ0v) is 11.4. The quantitative estimate of drug-likeness (QED) is 0.766. The van der Waals surface area contributed by atoms with Crippen LogP contribution >= 0.6 is 0 Å². The third-order valence-electron chi connectivity index (χ3n) is 3.79. The van der Waals surface area contributed by atoms with Gasteiger partial charge >= 0.3 is 0 Å². The number of aromatic hydroxyl groups is 1. The van der Waals surface area contributed by atoms with Gasteiger partial charge in [-0.15, -0.1) is 0 Å². The number of phenolic OH excluding ortho intramolecular Hbond substituents is 1. The van der Waals surface area contributed by atoms with Crippen LogP contribution in [-0.2, 0) is 5.54 Å². The summed E-state index contributed by atoms with van der Waals surface area (Å²) in [6, 6.07) is 8.05. The molecule has 1 aromatic rings. The molecule has 0 radical (unpaired) electrons. The van der Waals surface area contributed by atoms with Gasteiger partial charge in [0.25, 0.3) is 0 Å². The summed E-state index contributed by atoms with van der Waals surface area (Å²) in [4.78, 5) is 0. The first-order valence-corrected chi connectivity index (χ1v) is 6.86. The van der Waals surface area contributed by atoms with Gasteiger partial charge in [-0.1, -0.05) is 18.6 Å². The standard InChI is InChI=1S/C15H24N2O/c1-15(2,12-6-8-14(18)9-7-12)17-11-13-5-3-4-10-16-13/h6-9,13,16-18H,3-5,10-11H2,1-2H3. The molecule has 0 spiro atoms. The summed E-state index contributed by atoms with van der Waals surface area (Å²) in [7, 11) is 0. The first kappa shape index (κ1) is 13.4. The molecule has 0 saturated carbocycles. The molecule has 100 valence electrons. The summed E-state index contributed by atoms with van der Waals surface area (Å²) in [5.41, 5.74) is 1.14. The van der Waals surface area contributed by atoms with E-state index < -0.39 is 0 Å². The minimum Gasteiger partial charge on any atom is -0.508 e. The number of hydrogen-bond donors (Lipinski definition) is 3. The van der Waals surface area contributed by atoms with E-state index >= 15 is 0 Å².